The van der Waals surface area contributed by atoms with Gasteiger partial charge in [0.25, 0.3) is 0 Å². The van der Waals surface area contributed by atoms with E-state index in [4.69, 9.17) is 15.2 Å². The molecule has 0 saturated carbocycles. The maximum absolute atomic E-state index is 11.4. The second-order valence-corrected chi connectivity index (χ2v) is 4.89. The van der Waals surface area contributed by atoms with Crippen molar-refractivity contribution in [3.8, 4) is 11.5 Å². The van der Waals surface area contributed by atoms with Crippen LogP contribution in [0.25, 0.3) is 0 Å². The minimum atomic E-state index is -1.07. The normalized spacial score (nSPS) is 12.0. The molecule has 5 heteroatoms. The Hall–Kier alpha value is -2.53. The average Bonchev–Trinajstić information content (AvgIpc) is 2.55. The van der Waals surface area contributed by atoms with Crippen LogP contribution >= 0.6 is 0 Å². The van der Waals surface area contributed by atoms with Gasteiger partial charge in [0.2, 0.25) is 0 Å². The Kier molecular flexibility index (Phi) is 5.01. The molecule has 2 aromatic rings. The van der Waals surface area contributed by atoms with Crippen LogP contribution in [0, 0.1) is 0 Å². The smallest absolute Gasteiger partial charge is 0.321 e. The lowest BCUT2D eigenvalue weighted by Crippen LogP contribution is -2.37. The van der Waals surface area contributed by atoms with Crippen LogP contribution in [-0.4, -0.2) is 31.3 Å². The first kappa shape index (κ1) is 15.9. The third-order valence-corrected chi connectivity index (χ3v) is 3.55. The van der Waals surface area contributed by atoms with E-state index in [9.17, 15) is 9.90 Å². The summed E-state index contributed by atoms with van der Waals surface area (Å²) in [5.41, 5.74) is 7.49. The SMILES string of the molecule is COc1cccc(C(c2cccc(OC)c2)[C@H](N)C(=O)O)c1. The van der Waals surface area contributed by atoms with Crippen LogP contribution in [-0.2, 0) is 4.79 Å². The molecule has 116 valence electrons. The monoisotopic (exact) mass is 301 g/mol. The maximum atomic E-state index is 11.4. The van der Waals surface area contributed by atoms with E-state index in [0.29, 0.717) is 11.5 Å². The number of carboxylic acid groups (broad SMARTS) is 1. The van der Waals surface area contributed by atoms with Gasteiger partial charge >= 0.3 is 5.97 Å². The first-order valence-electron chi connectivity index (χ1n) is 6.83. The predicted octanol–water partition coefficient (Wildman–Crippen LogP) is 2.25. The molecule has 0 aliphatic carbocycles. The second-order valence-electron chi connectivity index (χ2n) is 4.89. The number of hydrogen-bond acceptors (Lipinski definition) is 4. The second kappa shape index (κ2) is 6.95. The van der Waals surface area contributed by atoms with E-state index in [1.165, 1.54) is 0 Å². The third-order valence-electron chi connectivity index (χ3n) is 3.55. The quantitative estimate of drug-likeness (QED) is 0.855. The standard InChI is InChI=1S/C17H19NO4/c1-21-13-7-3-5-11(9-13)15(16(18)17(19)20)12-6-4-8-14(10-12)22-2/h3-10,15-16H,18H2,1-2H3,(H,19,20)/t16-/m0/s1. The van der Waals surface area contributed by atoms with Crippen molar-refractivity contribution in [2.45, 2.75) is 12.0 Å². The maximum Gasteiger partial charge on any atom is 0.321 e. The van der Waals surface area contributed by atoms with Gasteiger partial charge in [-0.25, -0.2) is 0 Å². The van der Waals surface area contributed by atoms with Crippen LogP contribution in [0.2, 0.25) is 0 Å². The molecule has 0 aromatic heterocycles. The molecular formula is C17H19NO4. The lowest BCUT2D eigenvalue weighted by molar-refractivity contribution is -0.138. The molecule has 0 fully saturated rings. The Labute approximate surface area is 129 Å². The fourth-order valence-electron chi connectivity index (χ4n) is 2.42. The van der Waals surface area contributed by atoms with Crippen LogP contribution in [0.3, 0.4) is 0 Å². The number of nitrogens with two attached hydrogens (primary N) is 1. The zero-order chi connectivity index (χ0) is 16.1. The van der Waals surface area contributed by atoms with Gasteiger partial charge in [0, 0.05) is 5.92 Å². The molecule has 0 spiro atoms. The Bertz CT molecular complexity index is 609. The highest BCUT2D eigenvalue weighted by Crippen LogP contribution is 2.31. The molecule has 0 bridgehead atoms. The molecule has 2 aromatic carbocycles. The third kappa shape index (κ3) is 3.38. The summed E-state index contributed by atoms with van der Waals surface area (Å²) in [5.74, 6) is -0.246. The molecule has 0 heterocycles. The topological polar surface area (TPSA) is 81.8 Å². The number of carboxylic acids is 1. The van der Waals surface area contributed by atoms with Gasteiger partial charge in [-0.05, 0) is 35.4 Å². The molecule has 3 N–H and O–H groups in total. The van der Waals surface area contributed by atoms with Gasteiger partial charge in [-0.3, -0.25) is 4.79 Å². The zero-order valence-electron chi connectivity index (χ0n) is 12.5. The number of carbonyl (C=O) groups is 1. The molecule has 0 amide bonds. The number of hydrogen-bond donors (Lipinski definition) is 2. The van der Waals surface area contributed by atoms with Gasteiger partial charge in [0.1, 0.15) is 17.5 Å². The van der Waals surface area contributed by atoms with Crippen molar-refractivity contribution >= 4 is 5.97 Å². The lowest BCUT2D eigenvalue weighted by Gasteiger charge is -2.22. The van der Waals surface area contributed by atoms with Gasteiger partial charge < -0.3 is 20.3 Å². The highest BCUT2D eigenvalue weighted by molar-refractivity contribution is 5.76. The predicted molar refractivity (Wildman–Crippen MR) is 83.4 cm³/mol. The van der Waals surface area contributed by atoms with Crippen LogP contribution in [0.4, 0.5) is 0 Å². The minimum Gasteiger partial charge on any atom is -0.497 e. The summed E-state index contributed by atoms with van der Waals surface area (Å²) < 4.78 is 10.4. The summed E-state index contributed by atoms with van der Waals surface area (Å²) in [5, 5.41) is 9.34. The number of benzene rings is 2. The van der Waals surface area contributed by atoms with Crippen LogP contribution < -0.4 is 15.2 Å². The highest BCUT2D eigenvalue weighted by atomic mass is 16.5. The molecule has 2 rings (SSSR count). The van der Waals surface area contributed by atoms with Crippen molar-refractivity contribution in [3.05, 3.63) is 59.7 Å². The fourth-order valence-corrected chi connectivity index (χ4v) is 2.42. The van der Waals surface area contributed by atoms with E-state index >= 15 is 0 Å². The molecule has 5 nitrogen and oxygen atoms in total. The van der Waals surface area contributed by atoms with E-state index in [0.717, 1.165) is 11.1 Å². The minimum absolute atomic E-state index is 0.498. The van der Waals surface area contributed by atoms with Crippen LogP contribution in [0.1, 0.15) is 17.0 Å². The van der Waals surface area contributed by atoms with Gasteiger partial charge in [0.15, 0.2) is 0 Å². The molecule has 0 aliphatic heterocycles. The van der Waals surface area contributed by atoms with Crippen molar-refractivity contribution < 1.29 is 19.4 Å². The molecule has 0 aliphatic rings. The molecular weight excluding hydrogens is 282 g/mol. The van der Waals surface area contributed by atoms with E-state index in [-0.39, 0.29) is 0 Å². The van der Waals surface area contributed by atoms with Crippen molar-refractivity contribution in [1.29, 1.82) is 0 Å². The van der Waals surface area contributed by atoms with Gasteiger partial charge in [-0.1, -0.05) is 24.3 Å². The van der Waals surface area contributed by atoms with E-state index < -0.39 is 17.9 Å². The number of ether oxygens (including phenoxy) is 2. The summed E-state index contributed by atoms with van der Waals surface area (Å²) in [7, 11) is 3.13. The molecule has 1 atom stereocenters. The summed E-state index contributed by atoms with van der Waals surface area (Å²) in [6.07, 6.45) is 0. The van der Waals surface area contributed by atoms with Crippen LogP contribution in [0.15, 0.2) is 48.5 Å². The molecule has 0 unspecified atom stereocenters. The van der Waals surface area contributed by atoms with Crippen LogP contribution in [0.5, 0.6) is 11.5 Å². The van der Waals surface area contributed by atoms with Gasteiger partial charge in [0.05, 0.1) is 14.2 Å². The van der Waals surface area contributed by atoms with Crippen molar-refractivity contribution in [1.82, 2.24) is 0 Å². The Morgan fingerprint density at radius 2 is 1.45 bits per heavy atom. The van der Waals surface area contributed by atoms with E-state index in [1.807, 2.05) is 24.3 Å². The van der Waals surface area contributed by atoms with E-state index in [1.54, 1.807) is 38.5 Å². The first-order valence-corrected chi connectivity index (χ1v) is 6.83. The largest absolute Gasteiger partial charge is 0.497 e. The highest BCUT2D eigenvalue weighted by Gasteiger charge is 2.28. The summed E-state index contributed by atoms with van der Waals surface area (Å²) in [6, 6.07) is 13.5. The molecule has 0 radical (unpaired) electrons. The first-order chi connectivity index (χ1) is 10.6. The Balaban J connectivity index is 2.52. The van der Waals surface area contributed by atoms with Gasteiger partial charge in [-0.15, -0.1) is 0 Å². The molecule has 0 saturated heterocycles. The average molecular weight is 301 g/mol. The van der Waals surface area contributed by atoms with Crippen molar-refractivity contribution in [3.63, 3.8) is 0 Å². The number of methoxy groups -OCH3 is 2. The Morgan fingerprint density at radius 1 is 1.00 bits per heavy atom. The summed E-state index contributed by atoms with van der Waals surface area (Å²) in [6.45, 7) is 0. The number of rotatable bonds is 6. The number of aliphatic carboxylic acids is 1. The zero-order valence-corrected chi connectivity index (χ0v) is 12.5. The molecule has 22 heavy (non-hydrogen) atoms. The van der Waals surface area contributed by atoms with Crippen molar-refractivity contribution in [2.24, 2.45) is 5.73 Å². The fraction of sp³-hybridized carbons (Fsp3) is 0.235. The van der Waals surface area contributed by atoms with Gasteiger partial charge in [-0.2, -0.15) is 0 Å². The van der Waals surface area contributed by atoms with Crippen molar-refractivity contribution in [2.75, 3.05) is 14.2 Å². The van der Waals surface area contributed by atoms with E-state index in [2.05, 4.69) is 0 Å². The lowest BCUT2D eigenvalue weighted by atomic mass is 9.85. The summed E-state index contributed by atoms with van der Waals surface area (Å²) in [4.78, 5) is 11.4. The summed E-state index contributed by atoms with van der Waals surface area (Å²) >= 11 is 0. The Morgan fingerprint density at radius 3 is 1.82 bits per heavy atom.